The molecule has 1 aliphatic carbocycles. The Hall–Kier alpha value is -0.220. The lowest BCUT2D eigenvalue weighted by Gasteiger charge is -2.18. The zero-order valence-corrected chi connectivity index (χ0v) is 10.6. The van der Waals surface area contributed by atoms with Gasteiger partial charge in [-0.05, 0) is 32.4 Å². The van der Waals surface area contributed by atoms with E-state index < -0.39 is 0 Å². The van der Waals surface area contributed by atoms with E-state index in [1.54, 1.807) is 0 Å². The fourth-order valence-electron chi connectivity index (χ4n) is 2.10. The van der Waals surface area contributed by atoms with Gasteiger partial charge in [0, 0.05) is 17.3 Å². The molecule has 1 aliphatic rings. The van der Waals surface area contributed by atoms with Crippen molar-refractivity contribution in [2.75, 3.05) is 13.4 Å². The number of thioether (sulfide) groups is 1. The SMILES string of the molecule is COC(=O)CC(C)NC1CCC(SC)C1. The van der Waals surface area contributed by atoms with E-state index in [4.69, 9.17) is 0 Å². The zero-order valence-electron chi connectivity index (χ0n) is 9.79. The fraction of sp³-hybridized carbons (Fsp3) is 0.909. The number of carbonyl (C=O) groups is 1. The van der Waals surface area contributed by atoms with Crippen molar-refractivity contribution in [3.05, 3.63) is 0 Å². The lowest BCUT2D eigenvalue weighted by Crippen LogP contribution is -2.36. The van der Waals surface area contributed by atoms with Crippen LogP contribution in [0.5, 0.6) is 0 Å². The standard InChI is InChI=1S/C11H21NO2S/c1-8(6-11(13)14-2)12-9-4-5-10(7-9)15-3/h8-10,12H,4-7H2,1-3H3. The lowest BCUT2D eigenvalue weighted by molar-refractivity contribution is -0.141. The van der Waals surface area contributed by atoms with Crippen molar-refractivity contribution in [2.24, 2.45) is 0 Å². The third kappa shape index (κ3) is 4.43. The predicted molar refractivity (Wildman–Crippen MR) is 64.2 cm³/mol. The molecule has 0 radical (unpaired) electrons. The first-order valence-corrected chi connectivity index (χ1v) is 6.80. The number of hydrogen-bond acceptors (Lipinski definition) is 4. The van der Waals surface area contributed by atoms with Crippen LogP contribution < -0.4 is 5.32 Å². The maximum absolute atomic E-state index is 11.1. The summed E-state index contributed by atoms with van der Waals surface area (Å²) in [6, 6.07) is 0.810. The molecule has 0 bridgehead atoms. The summed E-state index contributed by atoms with van der Waals surface area (Å²) in [6.07, 6.45) is 6.40. The Kier molecular flexibility index (Phi) is 5.47. The molecule has 1 N–H and O–H groups in total. The van der Waals surface area contributed by atoms with Gasteiger partial charge in [-0.3, -0.25) is 4.79 Å². The highest BCUT2D eigenvalue weighted by molar-refractivity contribution is 7.99. The van der Waals surface area contributed by atoms with Crippen LogP contribution in [0.1, 0.15) is 32.6 Å². The Bertz CT molecular complexity index is 211. The molecule has 3 atom stereocenters. The summed E-state index contributed by atoms with van der Waals surface area (Å²) in [5.74, 6) is -0.130. The smallest absolute Gasteiger partial charge is 0.307 e. The number of hydrogen-bond donors (Lipinski definition) is 1. The molecule has 4 heteroatoms. The van der Waals surface area contributed by atoms with Crippen LogP contribution in [0.2, 0.25) is 0 Å². The Morgan fingerprint density at radius 2 is 2.33 bits per heavy atom. The van der Waals surface area contributed by atoms with E-state index in [0.29, 0.717) is 12.5 Å². The molecule has 1 saturated carbocycles. The first kappa shape index (κ1) is 12.8. The third-order valence-electron chi connectivity index (χ3n) is 2.94. The molecule has 1 fully saturated rings. The molecule has 0 amide bonds. The third-order valence-corrected chi connectivity index (χ3v) is 4.03. The number of nitrogens with one attached hydrogen (secondary N) is 1. The molecule has 1 rings (SSSR count). The molecule has 3 unspecified atom stereocenters. The van der Waals surface area contributed by atoms with Crippen LogP contribution in [0, 0.1) is 0 Å². The summed E-state index contributed by atoms with van der Waals surface area (Å²) in [7, 11) is 1.44. The summed E-state index contributed by atoms with van der Waals surface area (Å²) in [5, 5.41) is 4.29. The normalized spacial score (nSPS) is 27.7. The molecule has 0 aromatic heterocycles. The zero-order chi connectivity index (χ0) is 11.3. The van der Waals surface area contributed by atoms with Crippen molar-refractivity contribution >= 4 is 17.7 Å². The molecule has 0 heterocycles. The highest BCUT2D eigenvalue weighted by atomic mass is 32.2. The van der Waals surface area contributed by atoms with Crippen molar-refractivity contribution in [3.8, 4) is 0 Å². The van der Waals surface area contributed by atoms with Gasteiger partial charge in [0.25, 0.3) is 0 Å². The quantitative estimate of drug-likeness (QED) is 0.732. The number of rotatable bonds is 5. The van der Waals surface area contributed by atoms with Crippen LogP contribution in [-0.2, 0) is 9.53 Å². The van der Waals surface area contributed by atoms with Crippen LogP contribution >= 0.6 is 11.8 Å². The van der Waals surface area contributed by atoms with E-state index in [2.05, 4.69) is 16.3 Å². The van der Waals surface area contributed by atoms with E-state index >= 15 is 0 Å². The van der Waals surface area contributed by atoms with Crippen molar-refractivity contribution in [1.29, 1.82) is 0 Å². The van der Waals surface area contributed by atoms with Crippen LogP contribution in [0.4, 0.5) is 0 Å². The van der Waals surface area contributed by atoms with E-state index in [0.717, 1.165) is 5.25 Å². The van der Waals surface area contributed by atoms with Crippen LogP contribution in [0.3, 0.4) is 0 Å². The Morgan fingerprint density at radius 1 is 1.60 bits per heavy atom. The van der Waals surface area contributed by atoms with Gasteiger partial charge < -0.3 is 10.1 Å². The van der Waals surface area contributed by atoms with Gasteiger partial charge in [0.05, 0.1) is 13.5 Å². The molecular formula is C11H21NO2S. The molecule has 0 saturated heterocycles. The van der Waals surface area contributed by atoms with Crippen molar-refractivity contribution in [2.45, 2.75) is 49.9 Å². The maximum Gasteiger partial charge on any atom is 0.307 e. The monoisotopic (exact) mass is 231 g/mol. The second-order valence-electron chi connectivity index (χ2n) is 4.22. The highest BCUT2D eigenvalue weighted by Crippen LogP contribution is 2.28. The van der Waals surface area contributed by atoms with E-state index in [1.165, 1.54) is 26.4 Å². The van der Waals surface area contributed by atoms with Gasteiger partial charge in [0.15, 0.2) is 0 Å². The van der Waals surface area contributed by atoms with Gasteiger partial charge in [0.1, 0.15) is 0 Å². The first-order valence-electron chi connectivity index (χ1n) is 5.51. The van der Waals surface area contributed by atoms with Gasteiger partial charge in [-0.15, -0.1) is 0 Å². The summed E-state index contributed by atoms with van der Waals surface area (Å²) in [6.45, 7) is 2.04. The molecule has 88 valence electrons. The van der Waals surface area contributed by atoms with Gasteiger partial charge in [-0.25, -0.2) is 0 Å². The molecule has 0 spiro atoms. The van der Waals surface area contributed by atoms with Gasteiger partial charge in [0.2, 0.25) is 0 Å². The molecule has 3 nitrogen and oxygen atoms in total. The Balaban J connectivity index is 2.21. The maximum atomic E-state index is 11.1. The van der Waals surface area contributed by atoms with Crippen LogP contribution in [0.15, 0.2) is 0 Å². The molecule has 0 aromatic rings. The van der Waals surface area contributed by atoms with Gasteiger partial charge in [-0.2, -0.15) is 11.8 Å². The number of carbonyl (C=O) groups excluding carboxylic acids is 1. The number of esters is 1. The average Bonchev–Trinajstić information content (AvgIpc) is 2.65. The summed E-state index contributed by atoms with van der Waals surface area (Å²) < 4.78 is 4.64. The largest absolute Gasteiger partial charge is 0.469 e. The molecule has 15 heavy (non-hydrogen) atoms. The number of methoxy groups -OCH3 is 1. The van der Waals surface area contributed by atoms with Crippen molar-refractivity contribution < 1.29 is 9.53 Å². The van der Waals surface area contributed by atoms with Crippen molar-refractivity contribution in [3.63, 3.8) is 0 Å². The fourth-order valence-corrected chi connectivity index (χ4v) is 2.90. The second-order valence-corrected chi connectivity index (χ2v) is 5.35. The van der Waals surface area contributed by atoms with Crippen LogP contribution in [-0.4, -0.2) is 36.7 Å². The molecular weight excluding hydrogens is 210 g/mol. The first-order chi connectivity index (χ1) is 7.15. The number of ether oxygens (including phenoxy) is 1. The predicted octanol–water partition coefficient (Wildman–Crippen LogP) is 1.81. The minimum atomic E-state index is -0.130. The summed E-state index contributed by atoms with van der Waals surface area (Å²) in [4.78, 5) is 11.1. The van der Waals surface area contributed by atoms with E-state index in [-0.39, 0.29) is 12.0 Å². The topological polar surface area (TPSA) is 38.3 Å². The van der Waals surface area contributed by atoms with Crippen molar-refractivity contribution in [1.82, 2.24) is 5.32 Å². The molecule has 0 aliphatic heterocycles. The molecule has 0 aromatic carbocycles. The Morgan fingerprint density at radius 3 is 2.87 bits per heavy atom. The minimum Gasteiger partial charge on any atom is -0.469 e. The van der Waals surface area contributed by atoms with E-state index in [1.807, 2.05) is 18.7 Å². The average molecular weight is 231 g/mol. The summed E-state index contributed by atoms with van der Waals surface area (Å²) >= 11 is 1.95. The minimum absolute atomic E-state index is 0.130. The van der Waals surface area contributed by atoms with Gasteiger partial charge in [-0.1, -0.05) is 0 Å². The van der Waals surface area contributed by atoms with E-state index in [9.17, 15) is 4.79 Å². The highest BCUT2D eigenvalue weighted by Gasteiger charge is 2.25. The van der Waals surface area contributed by atoms with Gasteiger partial charge >= 0.3 is 5.97 Å². The summed E-state index contributed by atoms with van der Waals surface area (Å²) in [5.41, 5.74) is 0. The lowest BCUT2D eigenvalue weighted by atomic mass is 10.2. The second kappa shape index (κ2) is 6.38. The van der Waals surface area contributed by atoms with Crippen LogP contribution in [0.25, 0.3) is 0 Å². The Labute approximate surface area is 96.3 Å².